The fourth-order valence-corrected chi connectivity index (χ4v) is 3.42. The van der Waals surface area contributed by atoms with E-state index in [0.29, 0.717) is 11.3 Å². The van der Waals surface area contributed by atoms with E-state index in [9.17, 15) is 4.79 Å². The second-order valence-electron chi connectivity index (χ2n) is 6.37. The van der Waals surface area contributed by atoms with Crippen LogP contribution in [0.2, 0.25) is 0 Å². The Bertz CT molecular complexity index is 300. The lowest BCUT2D eigenvalue weighted by molar-refractivity contribution is -0.149. The average molecular weight is 254 g/mol. The van der Waals surface area contributed by atoms with Gasteiger partial charge >= 0.3 is 5.97 Å². The first-order valence-corrected chi connectivity index (χ1v) is 7.05. The lowest BCUT2D eigenvalue weighted by Gasteiger charge is -2.39. The van der Waals surface area contributed by atoms with Gasteiger partial charge in [-0.15, -0.1) is 0 Å². The first-order valence-electron chi connectivity index (χ1n) is 7.05. The fraction of sp³-hybridized carbons (Fsp3) is 0.929. The van der Waals surface area contributed by atoms with Crippen LogP contribution in [0.25, 0.3) is 0 Å². The van der Waals surface area contributed by atoms with Crippen LogP contribution in [0.4, 0.5) is 0 Å². The van der Waals surface area contributed by atoms with Gasteiger partial charge in [0.1, 0.15) is 0 Å². The highest BCUT2D eigenvalue weighted by molar-refractivity contribution is 5.72. The predicted molar refractivity (Wildman–Crippen MR) is 71.3 cm³/mol. The number of carbonyl (C=O) groups excluding carboxylic acids is 1. The molecule has 0 aromatic rings. The Morgan fingerprint density at radius 3 is 2.89 bits per heavy atom. The minimum atomic E-state index is -0.0316. The quantitative estimate of drug-likeness (QED) is 0.766. The summed E-state index contributed by atoms with van der Waals surface area (Å²) in [6.07, 6.45) is 2.20. The molecular formula is C14H26N2O2. The molecule has 1 N–H and O–H groups in total. The Morgan fingerprint density at radius 1 is 1.56 bits per heavy atom. The van der Waals surface area contributed by atoms with Crippen LogP contribution in [0, 0.1) is 17.3 Å². The molecule has 4 nitrogen and oxygen atoms in total. The molecule has 0 saturated carbocycles. The van der Waals surface area contributed by atoms with Crippen LogP contribution in [0.15, 0.2) is 0 Å². The number of nitrogens with zero attached hydrogens (tertiary/aromatic N) is 1. The topological polar surface area (TPSA) is 41.6 Å². The van der Waals surface area contributed by atoms with Crippen molar-refractivity contribution in [2.75, 3.05) is 39.8 Å². The third kappa shape index (κ3) is 3.04. The van der Waals surface area contributed by atoms with Gasteiger partial charge in [0.05, 0.1) is 13.0 Å². The Kier molecular flexibility index (Phi) is 4.28. The van der Waals surface area contributed by atoms with Gasteiger partial charge in [-0.2, -0.15) is 0 Å². The lowest BCUT2D eigenvalue weighted by atomic mass is 9.84. The molecule has 4 heteroatoms. The number of esters is 1. The van der Waals surface area contributed by atoms with E-state index in [4.69, 9.17) is 4.74 Å². The van der Waals surface area contributed by atoms with Gasteiger partial charge in [0.2, 0.25) is 0 Å². The van der Waals surface area contributed by atoms with Crippen molar-refractivity contribution in [2.24, 2.45) is 17.3 Å². The molecule has 104 valence electrons. The number of nitrogens with one attached hydrogen (secondary N) is 1. The number of ether oxygens (including phenoxy) is 1. The summed E-state index contributed by atoms with van der Waals surface area (Å²) >= 11 is 0. The second-order valence-corrected chi connectivity index (χ2v) is 6.37. The largest absolute Gasteiger partial charge is 0.469 e. The summed E-state index contributed by atoms with van der Waals surface area (Å²) in [6.45, 7) is 10.0. The highest BCUT2D eigenvalue weighted by Crippen LogP contribution is 2.30. The number of rotatable bonds is 3. The molecule has 0 amide bonds. The maximum absolute atomic E-state index is 11.6. The molecule has 2 fully saturated rings. The Morgan fingerprint density at radius 2 is 2.33 bits per heavy atom. The number of methoxy groups -OCH3 is 1. The van der Waals surface area contributed by atoms with Crippen molar-refractivity contribution in [3.8, 4) is 0 Å². The van der Waals surface area contributed by atoms with Gasteiger partial charge < -0.3 is 15.0 Å². The van der Waals surface area contributed by atoms with Crippen LogP contribution >= 0.6 is 0 Å². The van der Waals surface area contributed by atoms with Crippen molar-refractivity contribution in [1.82, 2.24) is 10.2 Å². The first-order chi connectivity index (χ1) is 8.54. The van der Waals surface area contributed by atoms with Gasteiger partial charge in [0.25, 0.3) is 0 Å². The zero-order chi connectivity index (χ0) is 13.2. The second kappa shape index (κ2) is 5.57. The highest BCUT2D eigenvalue weighted by atomic mass is 16.5. The Balaban J connectivity index is 1.86. The molecule has 2 aliphatic rings. The van der Waals surface area contributed by atoms with Crippen molar-refractivity contribution >= 4 is 5.97 Å². The van der Waals surface area contributed by atoms with E-state index in [0.717, 1.165) is 39.1 Å². The van der Waals surface area contributed by atoms with E-state index in [1.807, 2.05) is 0 Å². The lowest BCUT2D eigenvalue weighted by Crippen LogP contribution is -2.46. The van der Waals surface area contributed by atoms with Gasteiger partial charge in [-0.25, -0.2) is 0 Å². The van der Waals surface area contributed by atoms with Gasteiger partial charge in [-0.3, -0.25) is 4.79 Å². The molecule has 0 aromatic heterocycles. The summed E-state index contributed by atoms with van der Waals surface area (Å²) in [7, 11) is 1.49. The normalized spacial score (nSPS) is 37.7. The number of piperidine rings is 1. The fourth-order valence-electron chi connectivity index (χ4n) is 3.42. The van der Waals surface area contributed by atoms with Crippen LogP contribution in [0.1, 0.15) is 26.7 Å². The SMILES string of the molecule is COC(=O)C1CCN(CC2(C)CCNC2)CC1C. The minimum Gasteiger partial charge on any atom is -0.469 e. The summed E-state index contributed by atoms with van der Waals surface area (Å²) in [4.78, 5) is 14.2. The Hall–Kier alpha value is -0.610. The predicted octanol–water partition coefficient (Wildman–Crippen LogP) is 1.12. The third-order valence-electron chi connectivity index (χ3n) is 4.56. The molecule has 0 spiro atoms. The van der Waals surface area contributed by atoms with E-state index in [1.54, 1.807) is 0 Å². The van der Waals surface area contributed by atoms with E-state index < -0.39 is 0 Å². The molecule has 0 aliphatic carbocycles. The van der Waals surface area contributed by atoms with Gasteiger partial charge in [0.15, 0.2) is 0 Å². The van der Waals surface area contributed by atoms with Crippen LogP contribution < -0.4 is 5.32 Å². The van der Waals surface area contributed by atoms with Gasteiger partial charge in [-0.05, 0) is 37.3 Å². The summed E-state index contributed by atoms with van der Waals surface area (Å²) in [6, 6.07) is 0. The standard InChI is InChI=1S/C14H26N2O2/c1-11-8-16(7-4-12(11)13(17)18-3)10-14(2)5-6-15-9-14/h11-12,15H,4-10H2,1-3H3. The maximum atomic E-state index is 11.6. The van der Waals surface area contributed by atoms with Crippen molar-refractivity contribution in [3.05, 3.63) is 0 Å². The Labute approximate surface area is 110 Å². The molecule has 18 heavy (non-hydrogen) atoms. The van der Waals surface area contributed by atoms with Crippen molar-refractivity contribution in [2.45, 2.75) is 26.7 Å². The first kappa shape index (κ1) is 13.8. The molecule has 3 atom stereocenters. The summed E-state index contributed by atoms with van der Waals surface area (Å²) in [5, 5.41) is 3.45. The van der Waals surface area contributed by atoms with Gasteiger partial charge in [-0.1, -0.05) is 13.8 Å². The molecule has 0 bridgehead atoms. The van der Waals surface area contributed by atoms with Crippen molar-refractivity contribution in [1.29, 1.82) is 0 Å². The summed E-state index contributed by atoms with van der Waals surface area (Å²) < 4.78 is 4.88. The summed E-state index contributed by atoms with van der Waals surface area (Å²) in [5.74, 6) is 0.473. The molecule has 2 rings (SSSR count). The molecule has 0 radical (unpaired) electrons. The summed E-state index contributed by atoms with van der Waals surface area (Å²) in [5.41, 5.74) is 0.415. The van der Waals surface area contributed by atoms with Crippen LogP contribution in [-0.2, 0) is 9.53 Å². The molecule has 2 heterocycles. The third-order valence-corrected chi connectivity index (χ3v) is 4.56. The van der Waals surface area contributed by atoms with E-state index in [1.165, 1.54) is 13.5 Å². The molecule has 2 saturated heterocycles. The number of carbonyl (C=O) groups is 1. The molecule has 2 aliphatic heterocycles. The van der Waals surface area contributed by atoms with Crippen LogP contribution in [0.5, 0.6) is 0 Å². The highest BCUT2D eigenvalue weighted by Gasteiger charge is 2.36. The smallest absolute Gasteiger partial charge is 0.309 e. The molecular weight excluding hydrogens is 228 g/mol. The average Bonchev–Trinajstić information content (AvgIpc) is 2.75. The zero-order valence-electron chi connectivity index (χ0n) is 11.9. The van der Waals surface area contributed by atoms with Crippen molar-refractivity contribution < 1.29 is 9.53 Å². The monoisotopic (exact) mass is 254 g/mol. The van der Waals surface area contributed by atoms with E-state index >= 15 is 0 Å². The van der Waals surface area contributed by atoms with Gasteiger partial charge in [0, 0.05) is 19.6 Å². The van der Waals surface area contributed by atoms with Crippen LogP contribution in [0.3, 0.4) is 0 Å². The number of hydrogen-bond acceptors (Lipinski definition) is 4. The molecule has 3 unspecified atom stereocenters. The van der Waals surface area contributed by atoms with E-state index in [2.05, 4.69) is 24.1 Å². The van der Waals surface area contributed by atoms with E-state index in [-0.39, 0.29) is 11.9 Å². The van der Waals surface area contributed by atoms with Crippen LogP contribution in [-0.4, -0.2) is 50.7 Å². The number of likely N-dealkylation sites (tertiary alicyclic amines) is 1. The van der Waals surface area contributed by atoms with Crippen molar-refractivity contribution in [3.63, 3.8) is 0 Å². The zero-order valence-corrected chi connectivity index (χ0v) is 11.9. The minimum absolute atomic E-state index is 0.0316. The maximum Gasteiger partial charge on any atom is 0.309 e. The number of hydrogen-bond donors (Lipinski definition) is 1. The molecule has 0 aromatic carbocycles.